The fraction of sp³-hybridized carbons (Fsp3) is 0.333. The van der Waals surface area contributed by atoms with Crippen LogP contribution in [0.25, 0.3) is 0 Å². The number of amides is 4. The lowest BCUT2D eigenvalue weighted by atomic mass is 10.0. The molecule has 3 aromatic carbocycles. The summed E-state index contributed by atoms with van der Waals surface area (Å²) in [7, 11) is 3.18. The van der Waals surface area contributed by atoms with Crippen molar-refractivity contribution in [2.75, 3.05) is 40.5 Å². The molecule has 4 amide bonds. The number of hydrogen-bond donors (Lipinski definition) is 3. The molecule has 1 heterocycles. The van der Waals surface area contributed by atoms with Crippen molar-refractivity contribution in [2.45, 2.75) is 31.8 Å². The Hall–Kier alpha value is -5.06. The van der Waals surface area contributed by atoms with Crippen LogP contribution in [0.4, 0.5) is 0 Å². The number of nitrogens with one attached hydrogen (secondary N) is 3. The van der Waals surface area contributed by atoms with Gasteiger partial charge in [-0.15, -0.1) is 0 Å². The molecule has 0 fully saturated rings. The molecule has 0 spiro atoms. The normalized spacial score (nSPS) is 17.7. The second-order valence-electron chi connectivity index (χ2n) is 10.4. The zero-order valence-corrected chi connectivity index (χ0v) is 25.1. The molecule has 3 N–H and O–H groups in total. The summed E-state index contributed by atoms with van der Waals surface area (Å²) in [4.78, 5) is 54.9. The van der Waals surface area contributed by atoms with E-state index in [0.29, 0.717) is 17.2 Å². The average molecular weight is 603 g/mol. The fourth-order valence-corrected chi connectivity index (χ4v) is 4.74. The van der Waals surface area contributed by atoms with Crippen LogP contribution in [0.3, 0.4) is 0 Å². The van der Waals surface area contributed by atoms with Crippen molar-refractivity contribution >= 4 is 23.6 Å². The van der Waals surface area contributed by atoms with Crippen LogP contribution >= 0.6 is 0 Å². The highest BCUT2D eigenvalue weighted by molar-refractivity contribution is 6.01. The second kappa shape index (κ2) is 15.4. The molecule has 1 aliphatic rings. The monoisotopic (exact) mass is 602 g/mol. The van der Waals surface area contributed by atoms with Crippen LogP contribution in [0, 0.1) is 6.92 Å². The number of hydrogen-bond acceptors (Lipinski definition) is 7. The molecule has 11 heteroatoms. The van der Waals surface area contributed by atoms with Crippen LogP contribution < -0.4 is 30.2 Å². The molecule has 11 nitrogen and oxygen atoms in total. The predicted octanol–water partition coefficient (Wildman–Crippen LogP) is 2.27. The van der Waals surface area contributed by atoms with Gasteiger partial charge in [0.05, 0.1) is 32.2 Å². The Balaban J connectivity index is 1.51. The topological polar surface area (TPSA) is 135 Å². The molecule has 0 saturated carbocycles. The van der Waals surface area contributed by atoms with Gasteiger partial charge in [-0.05, 0) is 42.3 Å². The van der Waals surface area contributed by atoms with E-state index in [9.17, 15) is 19.2 Å². The Morgan fingerprint density at radius 1 is 1.00 bits per heavy atom. The quantitative estimate of drug-likeness (QED) is 0.337. The fourth-order valence-electron chi connectivity index (χ4n) is 4.74. The van der Waals surface area contributed by atoms with Crippen molar-refractivity contribution in [3.63, 3.8) is 0 Å². The van der Waals surface area contributed by atoms with Crippen molar-refractivity contribution in [1.82, 2.24) is 20.9 Å². The molecule has 2 atom stereocenters. The molecule has 0 aliphatic carbocycles. The molecule has 0 bridgehead atoms. The van der Waals surface area contributed by atoms with Crippen molar-refractivity contribution in [3.8, 4) is 17.2 Å². The molecule has 3 aromatic rings. The van der Waals surface area contributed by atoms with Gasteiger partial charge in [-0.25, -0.2) is 0 Å². The zero-order valence-electron chi connectivity index (χ0n) is 25.1. The summed E-state index contributed by atoms with van der Waals surface area (Å²) in [6, 6.07) is 19.3. The summed E-state index contributed by atoms with van der Waals surface area (Å²) < 4.78 is 17.0. The molecule has 0 aromatic heterocycles. The third-order valence-electron chi connectivity index (χ3n) is 7.10. The van der Waals surface area contributed by atoms with Crippen LogP contribution in [0.1, 0.15) is 27.9 Å². The van der Waals surface area contributed by atoms with Crippen molar-refractivity contribution < 1.29 is 33.4 Å². The van der Waals surface area contributed by atoms with E-state index in [1.165, 1.54) is 4.90 Å². The first-order valence-electron chi connectivity index (χ1n) is 14.4. The van der Waals surface area contributed by atoms with Gasteiger partial charge in [0.25, 0.3) is 5.91 Å². The van der Waals surface area contributed by atoms with Gasteiger partial charge >= 0.3 is 0 Å². The first-order chi connectivity index (χ1) is 21.2. The van der Waals surface area contributed by atoms with Gasteiger partial charge in [0.2, 0.25) is 17.7 Å². The number of methoxy groups -OCH3 is 1. The third kappa shape index (κ3) is 8.73. The third-order valence-corrected chi connectivity index (χ3v) is 7.10. The molecule has 0 saturated heterocycles. The van der Waals surface area contributed by atoms with Crippen LogP contribution in [0.5, 0.6) is 17.2 Å². The van der Waals surface area contributed by atoms with Crippen LogP contribution in [0.2, 0.25) is 0 Å². The first-order valence-corrected chi connectivity index (χ1v) is 14.4. The summed E-state index contributed by atoms with van der Waals surface area (Å²) in [5.41, 5.74) is 2.07. The van der Waals surface area contributed by atoms with E-state index in [2.05, 4.69) is 16.0 Å². The number of likely N-dealkylation sites (N-methyl/N-ethyl adjacent to an activating group) is 1. The van der Waals surface area contributed by atoms with E-state index in [1.54, 1.807) is 44.5 Å². The Morgan fingerprint density at radius 3 is 2.52 bits per heavy atom. The standard InChI is InChI=1S/C33H38N4O7/c1-22-13-14-28(29(19-22)42-3)43-17-15-34-32(40)25-21-30(38)35-26(20-23-9-5-4-6-10-23)33(41)37(2)16-18-44-27-12-8-7-11-24(27)31(39)36-25/h4-14,19,25-26H,15-18,20-21H2,1-3H3,(H,34,40)(H,35,38)(H,36,39)/t25-,26-/m0/s1. The van der Waals surface area contributed by atoms with E-state index in [0.717, 1.165) is 11.1 Å². The lowest BCUT2D eigenvalue weighted by Gasteiger charge is -2.27. The molecule has 44 heavy (non-hydrogen) atoms. The summed E-state index contributed by atoms with van der Waals surface area (Å²) in [6.07, 6.45) is -0.141. The Labute approximate surface area is 256 Å². The minimum absolute atomic E-state index is 0.101. The largest absolute Gasteiger partial charge is 0.493 e. The molecule has 0 radical (unpaired) electrons. The lowest BCUT2D eigenvalue weighted by molar-refractivity contribution is -0.136. The smallest absolute Gasteiger partial charge is 0.255 e. The Morgan fingerprint density at radius 2 is 1.75 bits per heavy atom. The minimum atomic E-state index is -1.24. The summed E-state index contributed by atoms with van der Waals surface area (Å²) in [6.45, 7) is 2.51. The van der Waals surface area contributed by atoms with Gasteiger partial charge in [0.15, 0.2) is 11.5 Å². The molecule has 4 rings (SSSR count). The van der Waals surface area contributed by atoms with Crippen molar-refractivity contribution in [2.24, 2.45) is 0 Å². The van der Waals surface area contributed by atoms with E-state index >= 15 is 0 Å². The highest BCUT2D eigenvalue weighted by atomic mass is 16.5. The van der Waals surface area contributed by atoms with Gasteiger partial charge in [-0.2, -0.15) is 0 Å². The van der Waals surface area contributed by atoms with Crippen molar-refractivity contribution in [3.05, 3.63) is 89.5 Å². The number of ether oxygens (including phenoxy) is 3. The van der Waals surface area contributed by atoms with Crippen LogP contribution in [-0.2, 0) is 20.8 Å². The van der Waals surface area contributed by atoms with E-state index in [1.807, 2.05) is 49.4 Å². The number of rotatable bonds is 8. The van der Waals surface area contributed by atoms with E-state index in [4.69, 9.17) is 14.2 Å². The summed E-state index contributed by atoms with van der Waals surface area (Å²) in [5, 5.41) is 8.19. The lowest BCUT2D eigenvalue weighted by Crippen LogP contribution is -2.53. The SMILES string of the molecule is COc1cc(C)ccc1OCCNC(=O)[C@@H]1CC(=O)N[C@@H](Cc2ccccc2)C(=O)N(C)CCOc2ccccc2C(=O)N1. The molecule has 0 unspecified atom stereocenters. The number of fused-ring (bicyclic) bond motifs is 1. The van der Waals surface area contributed by atoms with Gasteiger partial charge < -0.3 is 35.1 Å². The van der Waals surface area contributed by atoms with Gasteiger partial charge in [-0.1, -0.05) is 48.5 Å². The van der Waals surface area contributed by atoms with E-state index in [-0.39, 0.29) is 44.2 Å². The molecular formula is C33H38N4O7. The first kappa shape index (κ1) is 31.9. The minimum Gasteiger partial charge on any atom is -0.493 e. The molecule has 1 aliphatic heterocycles. The van der Waals surface area contributed by atoms with E-state index < -0.39 is 36.2 Å². The van der Waals surface area contributed by atoms with Crippen LogP contribution in [0.15, 0.2) is 72.8 Å². The van der Waals surface area contributed by atoms with Gasteiger partial charge in [-0.3, -0.25) is 19.2 Å². The van der Waals surface area contributed by atoms with Gasteiger partial charge in [0.1, 0.15) is 31.0 Å². The summed E-state index contributed by atoms with van der Waals surface area (Å²) >= 11 is 0. The molecular weight excluding hydrogens is 564 g/mol. The number of carbonyl (C=O) groups is 4. The maximum absolute atomic E-state index is 13.4. The number of benzene rings is 3. The summed E-state index contributed by atoms with van der Waals surface area (Å²) in [5.74, 6) is -0.628. The number of carbonyl (C=O) groups excluding carboxylic acids is 4. The highest BCUT2D eigenvalue weighted by Crippen LogP contribution is 2.27. The van der Waals surface area contributed by atoms with Crippen LogP contribution in [-0.4, -0.2) is 81.1 Å². The highest BCUT2D eigenvalue weighted by Gasteiger charge is 2.30. The number of para-hydroxylation sites is 1. The number of aryl methyl sites for hydroxylation is 1. The van der Waals surface area contributed by atoms with Crippen molar-refractivity contribution in [1.29, 1.82) is 0 Å². The molecule has 232 valence electrons. The number of nitrogens with zero attached hydrogens (tertiary/aromatic N) is 1. The Kier molecular flexibility index (Phi) is 11.2. The predicted molar refractivity (Wildman–Crippen MR) is 164 cm³/mol. The maximum Gasteiger partial charge on any atom is 0.255 e. The second-order valence-corrected chi connectivity index (χ2v) is 10.4. The zero-order chi connectivity index (χ0) is 31.5. The Bertz CT molecular complexity index is 1460. The van der Waals surface area contributed by atoms with Gasteiger partial charge in [0, 0.05) is 13.5 Å². The maximum atomic E-state index is 13.4. The average Bonchev–Trinajstić information content (AvgIpc) is 3.02.